The summed E-state index contributed by atoms with van der Waals surface area (Å²) in [5.74, 6) is -2.03. The Labute approximate surface area is 259 Å². The molecule has 1 heterocycles. The molecule has 0 aliphatic carbocycles. The SMILES string of the molecule is CCCC(C(=O)N[C@@H](CC(=O)OCC)c1cc(-c2c(C)cc(F)cc2C)cc(C)c1F)n1cc(CCN(C)C)c(C)cc1=O. The highest BCUT2D eigenvalue weighted by Crippen LogP contribution is 2.34. The van der Waals surface area contributed by atoms with Gasteiger partial charge >= 0.3 is 5.97 Å². The lowest BCUT2D eigenvalue weighted by Gasteiger charge is -2.26. The first-order valence-corrected chi connectivity index (χ1v) is 15.2. The standard InChI is InChI=1S/C35H45F2N3O4/c1-9-11-30(40-20-25(12-13-39(7)8)21(3)17-31(40)41)35(43)38-29(19-32(42)44-10-2)28-18-26(14-24(6)34(28)37)33-22(4)15-27(36)16-23(33)5/h14-18,20,29-30H,9-13,19H2,1-8H3,(H,38,43)/t29-,30?/m0/s1. The fourth-order valence-corrected chi connectivity index (χ4v) is 5.66. The van der Waals surface area contributed by atoms with E-state index >= 15 is 4.39 Å². The highest BCUT2D eigenvalue weighted by atomic mass is 19.1. The quantitative estimate of drug-likeness (QED) is 0.231. The number of ether oxygens (including phenoxy) is 1. The number of carbonyl (C=O) groups excluding carboxylic acids is 2. The summed E-state index contributed by atoms with van der Waals surface area (Å²) in [6.45, 7) is 11.5. The number of hydrogen-bond donors (Lipinski definition) is 1. The molecule has 0 bridgehead atoms. The first-order chi connectivity index (χ1) is 20.8. The second-order valence-corrected chi connectivity index (χ2v) is 11.8. The number of hydrogen-bond acceptors (Lipinski definition) is 5. The number of likely N-dealkylation sites (N-methyl/N-ethyl adjacent to an activating group) is 1. The van der Waals surface area contributed by atoms with Gasteiger partial charge in [-0.2, -0.15) is 0 Å². The van der Waals surface area contributed by atoms with Crippen LogP contribution in [0.4, 0.5) is 8.78 Å². The molecule has 1 unspecified atom stereocenters. The zero-order valence-corrected chi connectivity index (χ0v) is 27.1. The van der Waals surface area contributed by atoms with Crippen LogP contribution >= 0.6 is 0 Å². The highest BCUT2D eigenvalue weighted by molar-refractivity contribution is 5.82. The zero-order chi connectivity index (χ0) is 32.7. The highest BCUT2D eigenvalue weighted by Gasteiger charge is 2.29. The van der Waals surface area contributed by atoms with Gasteiger partial charge in [-0.1, -0.05) is 13.3 Å². The lowest BCUT2D eigenvalue weighted by Crippen LogP contribution is -2.40. The van der Waals surface area contributed by atoms with E-state index in [0.717, 1.165) is 23.2 Å². The number of halogens is 2. The molecule has 2 aromatic carbocycles. The number of pyridine rings is 1. The van der Waals surface area contributed by atoms with Crippen molar-refractivity contribution < 1.29 is 23.1 Å². The van der Waals surface area contributed by atoms with Gasteiger partial charge in [0.2, 0.25) is 5.91 Å². The Hall–Kier alpha value is -3.85. The number of nitrogens with zero attached hydrogens (tertiary/aromatic N) is 2. The Balaban J connectivity index is 2.10. The average molecular weight is 610 g/mol. The predicted octanol–water partition coefficient (Wildman–Crippen LogP) is 6.28. The molecule has 1 amide bonds. The van der Waals surface area contributed by atoms with Crippen LogP contribution < -0.4 is 10.9 Å². The van der Waals surface area contributed by atoms with Crippen LogP contribution in [-0.2, 0) is 20.7 Å². The lowest BCUT2D eigenvalue weighted by molar-refractivity contribution is -0.144. The van der Waals surface area contributed by atoms with E-state index in [-0.39, 0.29) is 30.0 Å². The van der Waals surface area contributed by atoms with Gasteiger partial charge in [0.15, 0.2) is 0 Å². The second kappa shape index (κ2) is 15.2. The number of benzene rings is 2. The molecule has 0 radical (unpaired) electrons. The molecular weight excluding hydrogens is 564 g/mol. The number of nitrogens with one attached hydrogen (secondary N) is 1. The minimum atomic E-state index is -1.07. The summed E-state index contributed by atoms with van der Waals surface area (Å²) in [4.78, 5) is 41.9. The molecule has 44 heavy (non-hydrogen) atoms. The molecule has 7 nitrogen and oxygen atoms in total. The van der Waals surface area contributed by atoms with Crippen molar-refractivity contribution in [3.63, 3.8) is 0 Å². The summed E-state index contributed by atoms with van der Waals surface area (Å²) in [5.41, 5.74) is 4.67. The topological polar surface area (TPSA) is 80.6 Å². The van der Waals surface area contributed by atoms with Crippen LogP contribution in [0.3, 0.4) is 0 Å². The number of aromatic nitrogens is 1. The van der Waals surface area contributed by atoms with Crippen LogP contribution in [0.5, 0.6) is 0 Å². The Kier molecular flexibility index (Phi) is 12.0. The maximum absolute atomic E-state index is 15.9. The fraction of sp³-hybridized carbons (Fsp3) is 0.457. The van der Waals surface area contributed by atoms with Crippen molar-refractivity contribution in [2.45, 2.75) is 79.3 Å². The second-order valence-electron chi connectivity index (χ2n) is 11.8. The molecule has 0 saturated heterocycles. The lowest BCUT2D eigenvalue weighted by atomic mass is 9.90. The van der Waals surface area contributed by atoms with E-state index < -0.39 is 29.8 Å². The van der Waals surface area contributed by atoms with Crippen molar-refractivity contribution in [2.75, 3.05) is 27.2 Å². The van der Waals surface area contributed by atoms with Crippen LogP contribution in [0, 0.1) is 39.3 Å². The van der Waals surface area contributed by atoms with Gasteiger partial charge in [-0.05, 0) is 125 Å². The maximum Gasteiger partial charge on any atom is 0.308 e. The molecule has 2 atom stereocenters. The van der Waals surface area contributed by atoms with Gasteiger partial charge in [0.1, 0.15) is 17.7 Å². The number of amides is 1. The first-order valence-electron chi connectivity index (χ1n) is 15.2. The Morgan fingerprint density at radius 3 is 2.20 bits per heavy atom. The van der Waals surface area contributed by atoms with Crippen molar-refractivity contribution in [1.82, 2.24) is 14.8 Å². The van der Waals surface area contributed by atoms with Crippen molar-refractivity contribution in [2.24, 2.45) is 0 Å². The number of aryl methyl sites for hydroxylation is 4. The molecule has 3 aromatic rings. The Morgan fingerprint density at radius 2 is 1.61 bits per heavy atom. The molecule has 0 aliphatic heterocycles. The van der Waals surface area contributed by atoms with Gasteiger partial charge in [-0.15, -0.1) is 0 Å². The normalized spacial score (nSPS) is 12.7. The average Bonchev–Trinajstić information content (AvgIpc) is 2.92. The molecule has 1 aromatic heterocycles. The summed E-state index contributed by atoms with van der Waals surface area (Å²) in [6, 6.07) is 5.71. The van der Waals surface area contributed by atoms with Crippen LogP contribution in [0.2, 0.25) is 0 Å². The van der Waals surface area contributed by atoms with Gasteiger partial charge in [-0.3, -0.25) is 14.4 Å². The summed E-state index contributed by atoms with van der Waals surface area (Å²) in [6.07, 6.45) is 3.11. The van der Waals surface area contributed by atoms with Crippen LogP contribution in [0.25, 0.3) is 11.1 Å². The van der Waals surface area contributed by atoms with E-state index in [1.165, 1.54) is 22.8 Å². The van der Waals surface area contributed by atoms with Crippen LogP contribution in [0.15, 0.2) is 41.3 Å². The first kappa shape index (κ1) is 34.6. The Bertz CT molecular complexity index is 1540. The van der Waals surface area contributed by atoms with Gasteiger partial charge < -0.3 is 19.5 Å². The van der Waals surface area contributed by atoms with E-state index in [9.17, 15) is 18.8 Å². The van der Waals surface area contributed by atoms with Gasteiger partial charge in [0.05, 0.1) is 19.1 Å². The maximum atomic E-state index is 15.9. The summed E-state index contributed by atoms with van der Waals surface area (Å²) >= 11 is 0. The van der Waals surface area contributed by atoms with E-state index in [0.29, 0.717) is 41.5 Å². The van der Waals surface area contributed by atoms with E-state index in [2.05, 4.69) is 5.32 Å². The van der Waals surface area contributed by atoms with E-state index in [1.54, 1.807) is 46.0 Å². The third-order valence-electron chi connectivity index (χ3n) is 7.86. The largest absolute Gasteiger partial charge is 0.466 e. The monoisotopic (exact) mass is 609 g/mol. The van der Waals surface area contributed by atoms with Crippen molar-refractivity contribution in [3.8, 4) is 11.1 Å². The third kappa shape index (κ3) is 8.40. The minimum absolute atomic E-state index is 0.114. The van der Waals surface area contributed by atoms with Crippen LogP contribution in [-0.4, -0.2) is 48.6 Å². The predicted molar refractivity (Wildman–Crippen MR) is 170 cm³/mol. The molecule has 238 valence electrons. The zero-order valence-electron chi connectivity index (χ0n) is 27.1. The molecular formula is C35H45F2N3O4. The van der Waals surface area contributed by atoms with Gasteiger partial charge in [0, 0.05) is 24.4 Å². The molecule has 0 fully saturated rings. The number of esters is 1. The molecule has 3 rings (SSSR count). The smallest absolute Gasteiger partial charge is 0.308 e. The summed E-state index contributed by atoms with van der Waals surface area (Å²) in [5, 5.41) is 2.89. The third-order valence-corrected chi connectivity index (χ3v) is 7.86. The van der Waals surface area contributed by atoms with E-state index in [4.69, 9.17) is 4.74 Å². The van der Waals surface area contributed by atoms with Crippen molar-refractivity contribution >= 4 is 11.9 Å². The van der Waals surface area contributed by atoms with Crippen molar-refractivity contribution in [3.05, 3.63) is 91.9 Å². The van der Waals surface area contributed by atoms with Gasteiger partial charge in [-0.25, -0.2) is 8.78 Å². The van der Waals surface area contributed by atoms with E-state index in [1.807, 2.05) is 32.8 Å². The number of carbonyl (C=O) groups is 2. The van der Waals surface area contributed by atoms with Crippen LogP contribution in [0.1, 0.15) is 78.6 Å². The molecule has 9 heteroatoms. The minimum Gasteiger partial charge on any atom is -0.466 e. The summed E-state index contributed by atoms with van der Waals surface area (Å²) < 4.78 is 36.6. The molecule has 0 saturated carbocycles. The number of rotatable bonds is 13. The Morgan fingerprint density at radius 1 is 0.955 bits per heavy atom. The summed E-state index contributed by atoms with van der Waals surface area (Å²) in [7, 11) is 3.94. The van der Waals surface area contributed by atoms with Gasteiger partial charge in [0.25, 0.3) is 5.56 Å². The molecule has 0 spiro atoms. The van der Waals surface area contributed by atoms with Crippen molar-refractivity contribution in [1.29, 1.82) is 0 Å². The molecule has 1 N–H and O–H groups in total. The molecule has 0 aliphatic rings. The fourth-order valence-electron chi connectivity index (χ4n) is 5.66.